The highest BCUT2D eigenvalue weighted by molar-refractivity contribution is 7.93. The van der Waals surface area contributed by atoms with Gasteiger partial charge in [0.05, 0.1) is 9.79 Å². The van der Waals surface area contributed by atoms with Crippen LogP contribution in [0.1, 0.15) is 45.2 Å². The number of sulfonamides is 1. The van der Waals surface area contributed by atoms with E-state index in [-0.39, 0.29) is 51.3 Å². The predicted octanol–water partition coefficient (Wildman–Crippen LogP) is 1.55. The molecule has 6 N–H and O–H groups in total. The lowest BCUT2D eigenvalue weighted by molar-refractivity contribution is -0.121. The molecule has 2 aromatic carbocycles. The fourth-order valence-corrected chi connectivity index (χ4v) is 6.62. The van der Waals surface area contributed by atoms with E-state index in [1.807, 2.05) is 18.6 Å². The van der Waals surface area contributed by atoms with Crippen LogP contribution in [-0.2, 0) is 39.0 Å². The zero-order valence-corrected chi connectivity index (χ0v) is 25.6. The number of hydrogen-bond acceptors (Lipinski definition) is 9. The minimum atomic E-state index is -4.67. The summed E-state index contributed by atoms with van der Waals surface area (Å²) >= 11 is 5.21. The Kier molecular flexibility index (Phi) is 11.5. The summed E-state index contributed by atoms with van der Waals surface area (Å²) < 4.78 is 54.7. The van der Waals surface area contributed by atoms with Gasteiger partial charge < -0.3 is 26.5 Å². The largest absolute Gasteiger partial charge is 0.368 e. The molecule has 42 heavy (non-hydrogen) atoms. The maximum Gasteiger partial charge on any atom is 0.264 e. The van der Waals surface area contributed by atoms with Crippen LogP contribution in [0.3, 0.4) is 0 Å². The third kappa shape index (κ3) is 8.92. The van der Waals surface area contributed by atoms with Crippen LogP contribution in [0.4, 0.5) is 11.4 Å². The van der Waals surface area contributed by atoms with E-state index >= 15 is 0 Å². The van der Waals surface area contributed by atoms with Crippen molar-refractivity contribution in [3.05, 3.63) is 47.5 Å². The second-order valence-corrected chi connectivity index (χ2v) is 13.3. The molecule has 1 unspecified atom stereocenters. The first-order chi connectivity index (χ1) is 19.5. The minimum absolute atomic E-state index is 0.0233. The molecule has 0 aromatic heterocycles. The first kappa shape index (κ1) is 34.1. The summed E-state index contributed by atoms with van der Waals surface area (Å²) in [4.78, 5) is 45.9. The zero-order valence-electron chi connectivity index (χ0n) is 23.1. The summed E-state index contributed by atoms with van der Waals surface area (Å²) in [6.45, 7) is 6.37. The first-order valence-corrected chi connectivity index (χ1v) is 15.8. The maximum atomic E-state index is 13.4. The molecule has 2 rings (SSSR count). The van der Waals surface area contributed by atoms with Crippen LogP contribution < -0.4 is 26.4 Å². The van der Waals surface area contributed by atoms with Gasteiger partial charge in [0.1, 0.15) is 6.29 Å². The van der Waals surface area contributed by atoms with Crippen molar-refractivity contribution < 1.29 is 36.0 Å². The van der Waals surface area contributed by atoms with Gasteiger partial charge in [0, 0.05) is 30.8 Å². The van der Waals surface area contributed by atoms with E-state index in [4.69, 9.17) is 18.0 Å². The summed E-state index contributed by atoms with van der Waals surface area (Å²) in [5, 5.41) is 6.20. The number of amides is 3. The molecular formula is C26H31N5O8S3. The minimum Gasteiger partial charge on any atom is -0.368 e. The number of carbonyl (C=O) groups is 4. The molecule has 0 bridgehead atoms. The SMILES string of the molecule is CCC(=O)NS(=O)(=O)c1cc(NC(C)=O)ccc1/C=C/c1ccc(NC(=S)NC(C)C)cc1S(=O)(=O)C(C=O)C(N)=O. The van der Waals surface area contributed by atoms with E-state index in [0.717, 1.165) is 12.1 Å². The predicted molar refractivity (Wildman–Crippen MR) is 162 cm³/mol. The van der Waals surface area contributed by atoms with Crippen LogP contribution in [-0.4, -0.2) is 57.2 Å². The van der Waals surface area contributed by atoms with E-state index < -0.39 is 47.7 Å². The molecule has 13 nitrogen and oxygen atoms in total. The number of aldehydes is 1. The fourth-order valence-electron chi connectivity index (χ4n) is 3.50. The number of hydrogen-bond donors (Lipinski definition) is 5. The lowest BCUT2D eigenvalue weighted by Gasteiger charge is -2.16. The van der Waals surface area contributed by atoms with Crippen LogP contribution in [0.25, 0.3) is 12.2 Å². The van der Waals surface area contributed by atoms with Gasteiger partial charge in [-0.05, 0) is 61.5 Å². The molecule has 16 heteroatoms. The molecule has 0 heterocycles. The number of primary amides is 1. The molecule has 0 radical (unpaired) electrons. The second kappa shape index (κ2) is 14.2. The maximum absolute atomic E-state index is 13.4. The van der Waals surface area contributed by atoms with E-state index in [1.54, 1.807) is 0 Å². The van der Waals surface area contributed by atoms with Gasteiger partial charge in [0.15, 0.2) is 20.2 Å². The summed E-state index contributed by atoms with van der Waals surface area (Å²) in [6.07, 6.45) is 2.30. The van der Waals surface area contributed by atoms with Crippen molar-refractivity contribution in [3.8, 4) is 0 Å². The number of thiocarbonyl (C=S) groups is 1. The van der Waals surface area contributed by atoms with Gasteiger partial charge in [0.25, 0.3) is 10.0 Å². The quantitative estimate of drug-likeness (QED) is 0.0975. The van der Waals surface area contributed by atoms with E-state index in [0.29, 0.717) is 0 Å². The molecule has 0 aliphatic heterocycles. The molecular weight excluding hydrogens is 607 g/mol. The van der Waals surface area contributed by atoms with Crippen molar-refractivity contribution in [2.24, 2.45) is 5.73 Å². The number of nitrogens with one attached hydrogen (secondary N) is 4. The highest BCUT2D eigenvalue weighted by atomic mass is 32.2. The molecule has 0 fully saturated rings. The fraction of sp³-hybridized carbons (Fsp3) is 0.269. The average molecular weight is 638 g/mol. The molecule has 3 amide bonds. The van der Waals surface area contributed by atoms with Crippen molar-refractivity contribution >= 4 is 84.7 Å². The normalized spacial score (nSPS) is 12.4. The van der Waals surface area contributed by atoms with Crippen molar-refractivity contribution in [3.63, 3.8) is 0 Å². The van der Waals surface area contributed by atoms with E-state index in [1.165, 1.54) is 50.3 Å². The standard InChI is InChI=1S/C26H31N5O8S3/c1-5-24(34)31-42(38,39)22-13-19(29-16(4)33)10-9-18(22)7-6-17-8-11-20(30-26(40)28-15(2)3)12-21(17)41(36,37)23(14-32)25(27)35/h6-15,23H,5H2,1-4H3,(H2,27,35)(H,29,33)(H,31,34)(H2,28,30,40)/b7-6+. The van der Waals surface area contributed by atoms with Crippen molar-refractivity contribution in [2.75, 3.05) is 10.6 Å². The van der Waals surface area contributed by atoms with Gasteiger partial charge in [-0.25, -0.2) is 21.6 Å². The number of benzene rings is 2. The Balaban J connectivity index is 2.74. The van der Waals surface area contributed by atoms with Crippen LogP contribution in [0.5, 0.6) is 0 Å². The Hall–Kier alpha value is -4.15. The Labute approximate surface area is 249 Å². The monoisotopic (exact) mass is 637 g/mol. The topological polar surface area (TPSA) is 211 Å². The number of nitrogens with two attached hydrogens (primary N) is 1. The van der Waals surface area contributed by atoms with Crippen LogP contribution in [0.15, 0.2) is 46.2 Å². The number of rotatable bonds is 12. The van der Waals surface area contributed by atoms with Gasteiger partial charge >= 0.3 is 0 Å². The molecule has 1 atom stereocenters. The lowest BCUT2D eigenvalue weighted by atomic mass is 10.1. The van der Waals surface area contributed by atoms with Gasteiger partial charge in [-0.15, -0.1) is 0 Å². The highest BCUT2D eigenvalue weighted by Crippen LogP contribution is 2.28. The zero-order chi connectivity index (χ0) is 31.8. The number of carbonyl (C=O) groups excluding carboxylic acids is 4. The number of anilines is 2. The van der Waals surface area contributed by atoms with Crippen LogP contribution in [0.2, 0.25) is 0 Å². The molecule has 226 valence electrons. The van der Waals surface area contributed by atoms with Crippen LogP contribution >= 0.6 is 12.2 Å². The van der Waals surface area contributed by atoms with Crippen LogP contribution in [0, 0.1) is 0 Å². The molecule has 2 aromatic rings. The Bertz CT molecular complexity index is 1650. The molecule has 0 saturated carbocycles. The average Bonchev–Trinajstić information content (AvgIpc) is 2.87. The summed E-state index contributed by atoms with van der Waals surface area (Å²) in [5.74, 6) is -2.63. The molecule has 0 aliphatic carbocycles. The highest BCUT2D eigenvalue weighted by Gasteiger charge is 2.34. The summed E-state index contributed by atoms with van der Waals surface area (Å²) in [7, 11) is -9.09. The third-order valence-electron chi connectivity index (χ3n) is 5.37. The summed E-state index contributed by atoms with van der Waals surface area (Å²) in [5.41, 5.74) is 5.52. The molecule has 0 spiro atoms. The first-order valence-electron chi connectivity index (χ1n) is 12.4. The van der Waals surface area contributed by atoms with Gasteiger partial charge in [-0.1, -0.05) is 31.2 Å². The van der Waals surface area contributed by atoms with Crippen molar-refractivity contribution in [1.29, 1.82) is 0 Å². The van der Waals surface area contributed by atoms with Gasteiger partial charge in [0.2, 0.25) is 17.7 Å². The van der Waals surface area contributed by atoms with Gasteiger partial charge in [-0.3, -0.25) is 14.4 Å². The molecule has 0 aliphatic rings. The van der Waals surface area contributed by atoms with Gasteiger partial charge in [-0.2, -0.15) is 0 Å². The van der Waals surface area contributed by atoms with E-state index in [9.17, 15) is 36.0 Å². The Morgan fingerprint density at radius 2 is 1.45 bits per heavy atom. The number of sulfone groups is 1. The van der Waals surface area contributed by atoms with Crippen molar-refractivity contribution in [2.45, 2.75) is 55.2 Å². The molecule has 0 saturated heterocycles. The van der Waals surface area contributed by atoms with E-state index in [2.05, 4.69) is 16.0 Å². The third-order valence-corrected chi connectivity index (χ3v) is 9.00. The van der Waals surface area contributed by atoms with Crippen molar-refractivity contribution in [1.82, 2.24) is 10.0 Å². The summed E-state index contributed by atoms with van der Waals surface area (Å²) in [6, 6.07) is 7.83. The smallest absolute Gasteiger partial charge is 0.264 e. The second-order valence-electron chi connectivity index (χ2n) is 9.16. The Morgan fingerprint density at radius 1 is 0.929 bits per heavy atom. The Morgan fingerprint density at radius 3 is 1.93 bits per heavy atom. The lowest BCUT2D eigenvalue weighted by Crippen LogP contribution is -2.37.